The molecule has 0 aromatic heterocycles. The molecule has 0 aromatic rings. The first kappa shape index (κ1) is 14.9. The van der Waals surface area contributed by atoms with Gasteiger partial charge in [-0.3, -0.25) is 0 Å². The van der Waals surface area contributed by atoms with Gasteiger partial charge in [0, 0.05) is 18.7 Å². The number of ether oxygens (including phenoxy) is 1. The largest absolute Gasteiger partial charge is 0.378 e. The average molecular weight is 242 g/mol. The van der Waals surface area contributed by atoms with Gasteiger partial charge < -0.3 is 15.0 Å². The fraction of sp³-hybridized carbons (Fsp3) is 1.00. The number of hydrogen-bond donors (Lipinski definition) is 1. The van der Waals surface area contributed by atoms with Gasteiger partial charge in [-0.1, -0.05) is 6.92 Å². The second-order valence-corrected chi connectivity index (χ2v) is 5.76. The molecule has 0 saturated carbocycles. The van der Waals surface area contributed by atoms with Crippen LogP contribution in [0.2, 0.25) is 0 Å². The first-order valence-corrected chi connectivity index (χ1v) is 7.10. The van der Waals surface area contributed by atoms with Crippen molar-refractivity contribution in [2.75, 3.05) is 33.3 Å². The normalized spacial score (nSPS) is 18.9. The fourth-order valence-corrected chi connectivity index (χ4v) is 2.09. The van der Waals surface area contributed by atoms with Gasteiger partial charge >= 0.3 is 0 Å². The van der Waals surface area contributed by atoms with E-state index in [4.69, 9.17) is 4.74 Å². The number of nitrogens with zero attached hydrogens (tertiary/aromatic N) is 1. The Hall–Kier alpha value is -0.120. The van der Waals surface area contributed by atoms with Crippen LogP contribution in [0.15, 0.2) is 0 Å². The van der Waals surface area contributed by atoms with Crippen LogP contribution in [-0.4, -0.2) is 49.8 Å². The highest BCUT2D eigenvalue weighted by Gasteiger charge is 2.20. The van der Waals surface area contributed by atoms with Crippen molar-refractivity contribution in [2.45, 2.75) is 58.1 Å². The van der Waals surface area contributed by atoms with Crippen molar-refractivity contribution in [2.24, 2.45) is 0 Å². The Bertz CT molecular complexity index is 200. The number of piperidine rings is 1. The molecule has 3 heteroatoms. The van der Waals surface area contributed by atoms with Crippen molar-refractivity contribution in [3.8, 4) is 0 Å². The second-order valence-electron chi connectivity index (χ2n) is 5.76. The molecule has 1 aliphatic heterocycles. The summed E-state index contributed by atoms with van der Waals surface area (Å²) in [6.07, 6.45) is 5.19. The molecular weight excluding hydrogens is 212 g/mol. The lowest BCUT2D eigenvalue weighted by Gasteiger charge is -2.35. The Balaban J connectivity index is 2.07. The quantitative estimate of drug-likeness (QED) is 0.693. The lowest BCUT2D eigenvalue weighted by molar-refractivity contribution is 0.0241. The van der Waals surface area contributed by atoms with Crippen LogP contribution in [0.25, 0.3) is 0 Å². The number of nitrogens with one attached hydrogen (secondary N) is 1. The van der Waals surface area contributed by atoms with Gasteiger partial charge in [0.1, 0.15) is 0 Å². The van der Waals surface area contributed by atoms with Gasteiger partial charge in [-0.25, -0.2) is 0 Å². The molecule has 102 valence electrons. The first-order valence-electron chi connectivity index (χ1n) is 7.10. The Labute approximate surface area is 107 Å². The van der Waals surface area contributed by atoms with E-state index in [1.165, 1.54) is 19.3 Å². The standard InChI is InChI=1S/C14H30N2O/c1-5-14(2,3)16(4)11-6-12-17-13-7-9-15-10-8-13/h13,15H,5-12H2,1-4H3. The van der Waals surface area contributed by atoms with E-state index in [-0.39, 0.29) is 0 Å². The number of rotatable bonds is 7. The number of hydrogen-bond acceptors (Lipinski definition) is 3. The van der Waals surface area contributed by atoms with Crippen molar-refractivity contribution >= 4 is 0 Å². The highest BCUT2D eigenvalue weighted by atomic mass is 16.5. The summed E-state index contributed by atoms with van der Waals surface area (Å²) in [4.78, 5) is 2.44. The smallest absolute Gasteiger partial charge is 0.0599 e. The van der Waals surface area contributed by atoms with E-state index in [0.717, 1.165) is 32.7 Å². The van der Waals surface area contributed by atoms with E-state index in [1.54, 1.807) is 0 Å². The fourth-order valence-electron chi connectivity index (χ4n) is 2.09. The van der Waals surface area contributed by atoms with Crippen LogP contribution in [0.4, 0.5) is 0 Å². The van der Waals surface area contributed by atoms with Crippen molar-refractivity contribution in [3.63, 3.8) is 0 Å². The predicted octanol–water partition coefficient (Wildman–Crippen LogP) is 2.27. The lowest BCUT2D eigenvalue weighted by atomic mass is 10.00. The zero-order valence-corrected chi connectivity index (χ0v) is 12.1. The van der Waals surface area contributed by atoms with Gasteiger partial charge in [0.05, 0.1) is 6.10 Å². The van der Waals surface area contributed by atoms with Crippen molar-refractivity contribution in [3.05, 3.63) is 0 Å². The van der Waals surface area contributed by atoms with Crippen LogP contribution in [0, 0.1) is 0 Å². The molecule has 0 unspecified atom stereocenters. The summed E-state index contributed by atoms with van der Waals surface area (Å²) in [7, 11) is 2.22. The van der Waals surface area contributed by atoms with Crippen LogP contribution in [0.3, 0.4) is 0 Å². The molecule has 1 fully saturated rings. The monoisotopic (exact) mass is 242 g/mol. The SMILES string of the molecule is CCC(C)(C)N(C)CCCOC1CCNCC1. The molecule has 0 spiro atoms. The maximum atomic E-state index is 5.91. The summed E-state index contributed by atoms with van der Waals surface area (Å²) in [5.74, 6) is 0. The highest BCUT2D eigenvalue weighted by molar-refractivity contribution is 4.77. The summed E-state index contributed by atoms with van der Waals surface area (Å²) in [6.45, 7) is 11.1. The van der Waals surface area contributed by atoms with Crippen molar-refractivity contribution in [1.82, 2.24) is 10.2 Å². The molecule has 1 heterocycles. The third-order valence-corrected chi connectivity index (χ3v) is 4.18. The Morgan fingerprint density at radius 3 is 2.53 bits per heavy atom. The minimum atomic E-state index is 0.314. The summed E-state index contributed by atoms with van der Waals surface area (Å²) < 4.78 is 5.91. The Morgan fingerprint density at radius 1 is 1.29 bits per heavy atom. The van der Waals surface area contributed by atoms with Crippen molar-refractivity contribution in [1.29, 1.82) is 0 Å². The minimum Gasteiger partial charge on any atom is -0.378 e. The maximum Gasteiger partial charge on any atom is 0.0599 e. The minimum absolute atomic E-state index is 0.314. The van der Waals surface area contributed by atoms with Crippen LogP contribution in [-0.2, 0) is 4.74 Å². The molecule has 17 heavy (non-hydrogen) atoms. The molecule has 0 aromatic carbocycles. The van der Waals surface area contributed by atoms with Gasteiger partial charge in [0.15, 0.2) is 0 Å². The van der Waals surface area contributed by atoms with E-state index in [9.17, 15) is 0 Å². The zero-order valence-electron chi connectivity index (χ0n) is 12.1. The molecule has 0 amide bonds. The van der Waals surface area contributed by atoms with Gasteiger partial charge in [-0.2, -0.15) is 0 Å². The summed E-state index contributed by atoms with van der Waals surface area (Å²) >= 11 is 0. The summed E-state index contributed by atoms with van der Waals surface area (Å²) in [6, 6.07) is 0. The molecule has 0 aliphatic carbocycles. The van der Waals surface area contributed by atoms with Crippen LogP contribution >= 0.6 is 0 Å². The zero-order chi connectivity index (χ0) is 12.7. The van der Waals surface area contributed by atoms with Gasteiger partial charge in [0.25, 0.3) is 0 Å². The first-order chi connectivity index (χ1) is 8.06. The van der Waals surface area contributed by atoms with Gasteiger partial charge in [0.2, 0.25) is 0 Å². The predicted molar refractivity (Wildman–Crippen MR) is 73.5 cm³/mol. The molecular formula is C14H30N2O. The van der Waals surface area contributed by atoms with Crippen molar-refractivity contribution < 1.29 is 4.74 Å². The molecule has 0 atom stereocenters. The molecule has 1 aliphatic rings. The molecule has 3 nitrogen and oxygen atoms in total. The van der Waals surface area contributed by atoms with Crippen LogP contribution < -0.4 is 5.32 Å². The Kier molecular flexibility index (Phi) is 6.45. The average Bonchev–Trinajstić information content (AvgIpc) is 2.35. The Morgan fingerprint density at radius 2 is 1.94 bits per heavy atom. The summed E-state index contributed by atoms with van der Waals surface area (Å²) in [5, 5.41) is 3.36. The van der Waals surface area contributed by atoms with E-state index in [0.29, 0.717) is 11.6 Å². The van der Waals surface area contributed by atoms with Gasteiger partial charge in [-0.15, -0.1) is 0 Å². The molecule has 0 bridgehead atoms. The van der Waals surface area contributed by atoms with E-state index < -0.39 is 0 Å². The third kappa shape index (κ3) is 5.36. The second kappa shape index (κ2) is 7.34. The molecule has 0 radical (unpaired) electrons. The van der Waals surface area contributed by atoms with E-state index >= 15 is 0 Å². The lowest BCUT2D eigenvalue weighted by Crippen LogP contribution is -2.41. The summed E-state index contributed by atoms with van der Waals surface area (Å²) in [5.41, 5.74) is 0.314. The highest BCUT2D eigenvalue weighted by Crippen LogP contribution is 2.16. The van der Waals surface area contributed by atoms with Crippen LogP contribution in [0.1, 0.15) is 46.5 Å². The van der Waals surface area contributed by atoms with E-state index in [2.05, 4.69) is 38.0 Å². The van der Waals surface area contributed by atoms with Gasteiger partial charge in [-0.05, 0) is 59.7 Å². The third-order valence-electron chi connectivity index (χ3n) is 4.18. The maximum absolute atomic E-state index is 5.91. The molecule has 1 saturated heterocycles. The molecule has 1 rings (SSSR count). The van der Waals surface area contributed by atoms with E-state index in [1.807, 2.05) is 0 Å². The molecule has 1 N–H and O–H groups in total. The van der Waals surface area contributed by atoms with Crippen LogP contribution in [0.5, 0.6) is 0 Å². The topological polar surface area (TPSA) is 24.5 Å².